The standard InChI is InChI=1S/C27H17F5N2O/c28-19-13-20(29)15-22(14-19)35-21-11-9-18(10-12-21)26-23-7-4-8-24(27(30,31)32)25(23)33-34(26)16-17-5-2-1-3-6-17/h1-15H,16H2. The lowest BCUT2D eigenvalue weighted by Crippen LogP contribution is -2.06. The van der Waals surface area contributed by atoms with Crippen LogP contribution in [0, 0.1) is 11.6 Å². The van der Waals surface area contributed by atoms with Crippen molar-refractivity contribution in [2.75, 3.05) is 0 Å². The van der Waals surface area contributed by atoms with Gasteiger partial charge in [0.25, 0.3) is 0 Å². The van der Waals surface area contributed by atoms with Gasteiger partial charge in [-0.05, 0) is 35.9 Å². The Morgan fingerprint density at radius 2 is 1.43 bits per heavy atom. The van der Waals surface area contributed by atoms with Gasteiger partial charge in [-0.15, -0.1) is 0 Å². The van der Waals surface area contributed by atoms with E-state index in [9.17, 15) is 22.0 Å². The van der Waals surface area contributed by atoms with Crippen LogP contribution in [0.3, 0.4) is 0 Å². The predicted molar refractivity (Wildman–Crippen MR) is 122 cm³/mol. The highest BCUT2D eigenvalue weighted by atomic mass is 19.4. The molecule has 4 aromatic carbocycles. The number of alkyl halides is 3. The van der Waals surface area contributed by atoms with E-state index >= 15 is 0 Å². The van der Waals surface area contributed by atoms with Crippen LogP contribution < -0.4 is 4.74 Å². The number of hydrogen-bond donors (Lipinski definition) is 0. The van der Waals surface area contributed by atoms with E-state index in [1.54, 1.807) is 35.0 Å². The van der Waals surface area contributed by atoms with Crippen molar-refractivity contribution in [3.8, 4) is 22.8 Å². The summed E-state index contributed by atoms with van der Waals surface area (Å²) in [5.74, 6) is -1.24. The number of ether oxygens (including phenoxy) is 1. The van der Waals surface area contributed by atoms with Crippen molar-refractivity contribution >= 4 is 10.9 Å². The first-order chi connectivity index (χ1) is 16.8. The maximum atomic E-state index is 13.7. The normalized spacial score (nSPS) is 11.7. The fourth-order valence-electron chi connectivity index (χ4n) is 3.96. The van der Waals surface area contributed by atoms with Gasteiger partial charge in [-0.2, -0.15) is 18.3 Å². The summed E-state index contributed by atoms with van der Waals surface area (Å²) < 4.78 is 75.1. The summed E-state index contributed by atoms with van der Waals surface area (Å²) in [6, 6.07) is 22.6. The van der Waals surface area contributed by atoms with Gasteiger partial charge in [0.1, 0.15) is 28.7 Å². The Hall–Kier alpha value is -4.20. The lowest BCUT2D eigenvalue weighted by Gasteiger charge is -2.10. The molecule has 0 N–H and O–H groups in total. The Morgan fingerprint density at radius 1 is 0.743 bits per heavy atom. The zero-order chi connectivity index (χ0) is 24.6. The second-order valence-corrected chi connectivity index (χ2v) is 7.92. The van der Waals surface area contributed by atoms with E-state index in [1.807, 2.05) is 30.3 Å². The first-order valence-electron chi connectivity index (χ1n) is 10.6. The predicted octanol–water partition coefficient (Wildman–Crippen LogP) is 7.84. The van der Waals surface area contributed by atoms with Crippen LogP contribution in [0.4, 0.5) is 22.0 Å². The van der Waals surface area contributed by atoms with Crippen LogP contribution in [0.5, 0.6) is 11.5 Å². The molecule has 0 aliphatic rings. The lowest BCUT2D eigenvalue weighted by atomic mass is 10.0. The Balaban J connectivity index is 1.58. The molecule has 0 aliphatic heterocycles. The van der Waals surface area contributed by atoms with Crippen molar-refractivity contribution in [1.82, 2.24) is 9.78 Å². The van der Waals surface area contributed by atoms with E-state index in [4.69, 9.17) is 4.74 Å². The van der Waals surface area contributed by atoms with E-state index in [-0.39, 0.29) is 17.8 Å². The number of fused-ring (bicyclic) bond motifs is 1. The Morgan fingerprint density at radius 3 is 2.09 bits per heavy atom. The van der Waals surface area contributed by atoms with Gasteiger partial charge in [0, 0.05) is 29.1 Å². The lowest BCUT2D eigenvalue weighted by molar-refractivity contribution is -0.136. The van der Waals surface area contributed by atoms with Crippen LogP contribution in [-0.4, -0.2) is 9.78 Å². The van der Waals surface area contributed by atoms with Crippen LogP contribution in [0.25, 0.3) is 22.2 Å². The molecule has 8 heteroatoms. The van der Waals surface area contributed by atoms with Crippen LogP contribution in [0.2, 0.25) is 0 Å². The van der Waals surface area contributed by atoms with E-state index < -0.39 is 23.4 Å². The molecule has 0 saturated carbocycles. The summed E-state index contributed by atoms with van der Waals surface area (Å²) in [5.41, 5.74) is 1.06. The molecule has 0 unspecified atom stereocenters. The average Bonchev–Trinajstić information content (AvgIpc) is 3.16. The van der Waals surface area contributed by atoms with Crippen molar-refractivity contribution in [1.29, 1.82) is 0 Å². The number of rotatable bonds is 5. The van der Waals surface area contributed by atoms with Crippen molar-refractivity contribution < 1.29 is 26.7 Å². The third-order valence-corrected chi connectivity index (χ3v) is 5.45. The zero-order valence-electron chi connectivity index (χ0n) is 18.1. The van der Waals surface area contributed by atoms with Crippen LogP contribution in [-0.2, 0) is 12.7 Å². The van der Waals surface area contributed by atoms with Crippen molar-refractivity contribution in [2.24, 2.45) is 0 Å². The van der Waals surface area contributed by atoms with Gasteiger partial charge in [-0.3, -0.25) is 4.68 Å². The van der Waals surface area contributed by atoms with Crippen molar-refractivity contribution in [2.45, 2.75) is 12.7 Å². The molecule has 5 rings (SSSR count). The number of halogens is 5. The molecule has 0 bridgehead atoms. The summed E-state index contributed by atoms with van der Waals surface area (Å²) in [4.78, 5) is 0. The minimum atomic E-state index is -4.55. The Bertz CT molecular complexity index is 1470. The smallest absolute Gasteiger partial charge is 0.418 e. The van der Waals surface area contributed by atoms with E-state index in [0.717, 1.165) is 29.8 Å². The fourth-order valence-corrected chi connectivity index (χ4v) is 3.96. The maximum Gasteiger partial charge on any atom is 0.418 e. The van der Waals surface area contributed by atoms with Gasteiger partial charge in [0.05, 0.1) is 17.8 Å². The number of nitrogens with zero attached hydrogens (tertiary/aromatic N) is 2. The van der Waals surface area contributed by atoms with E-state index in [0.29, 0.717) is 22.4 Å². The average molecular weight is 480 g/mol. The van der Waals surface area contributed by atoms with Gasteiger partial charge in [-0.25, -0.2) is 8.78 Å². The van der Waals surface area contributed by atoms with Crippen LogP contribution >= 0.6 is 0 Å². The maximum absolute atomic E-state index is 13.7. The molecule has 0 saturated heterocycles. The molecule has 1 heterocycles. The molecule has 0 aliphatic carbocycles. The SMILES string of the molecule is Fc1cc(F)cc(Oc2ccc(-c3c4cccc(C(F)(F)F)c4nn3Cc3ccccc3)cc2)c1. The third-order valence-electron chi connectivity index (χ3n) is 5.45. The molecule has 0 spiro atoms. The monoisotopic (exact) mass is 480 g/mol. The minimum Gasteiger partial charge on any atom is -0.457 e. The Kier molecular flexibility index (Phi) is 5.72. The second kappa shape index (κ2) is 8.87. The molecule has 0 fully saturated rings. The molecule has 35 heavy (non-hydrogen) atoms. The van der Waals surface area contributed by atoms with Gasteiger partial charge in [0.2, 0.25) is 0 Å². The summed E-state index contributed by atoms with van der Waals surface area (Å²) in [7, 11) is 0. The molecule has 0 amide bonds. The molecule has 0 atom stereocenters. The molecule has 176 valence electrons. The Labute approximate surface area is 197 Å². The molecular formula is C27H17F5N2O. The van der Waals surface area contributed by atoms with E-state index in [1.165, 1.54) is 6.07 Å². The highest BCUT2D eigenvalue weighted by Crippen LogP contribution is 2.38. The highest BCUT2D eigenvalue weighted by molar-refractivity contribution is 5.95. The van der Waals surface area contributed by atoms with Gasteiger partial charge in [0.15, 0.2) is 0 Å². The number of benzene rings is 4. The molecular weight excluding hydrogens is 463 g/mol. The zero-order valence-corrected chi connectivity index (χ0v) is 18.1. The van der Waals surface area contributed by atoms with Crippen molar-refractivity contribution in [3.05, 3.63) is 114 Å². The first-order valence-corrected chi connectivity index (χ1v) is 10.6. The second-order valence-electron chi connectivity index (χ2n) is 7.92. The fraction of sp³-hybridized carbons (Fsp3) is 0.0741. The van der Waals surface area contributed by atoms with Crippen LogP contribution in [0.15, 0.2) is 91.0 Å². The quantitative estimate of drug-likeness (QED) is 0.240. The molecule has 5 aromatic rings. The number of hydrogen-bond acceptors (Lipinski definition) is 2. The molecule has 1 aromatic heterocycles. The van der Waals surface area contributed by atoms with E-state index in [2.05, 4.69) is 5.10 Å². The largest absolute Gasteiger partial charge is 0.457 e. The van der Waals surface area contributed by atoms with Crippen LogP contribution in [0.1, 0.15) is 11.1 Å². The molecule has 3 nitrogen and oxygen atoms in total. The van der Waals surface area contributed by atoms with Gasteiger partial charge < -0.3 is 4.74 Å². The highest BCUT2D eigenvalue weighted by Gasteiger charge is 2.34. The number of aromatic nitrogens is 2. The van der Waals surface area contributed by atoms with Crippen molar-refractivity contribution in [3.63, 3.8) is 0 Å². The summed E-state index contributed by atoms with van der Waals surface area (Å²) in [5, 5.41) is 4.70. The third kappa shape index (κ3) is 4.73. The summed E-state index contributed by atoms with van der Waals surface area (Å²) in [6.07, 6.45) is -4.55. The summed E-state index contributed by atoms with van der Waals surface area (Å²) >= 11 is 0. The first kappa shape index (κ1) is 22.6. The minimum absolute atomic E-state index is 0.00959. The van der Waals surface area contributed by atoms with Gasteiger partial charge >= 0.3 is 6.18 Å². The molecule has 0 radical (unpaired) electrons. The topological polar surface area (TPSA) is 27.1 Å². The van der Waals surface area contributed by atoms with Gasteiger partial charge in [-0.1, -0.05) is 42.5 Å². The summed E-state index contributed by atoms with van der Waals surface area (Å²) in [6.45, 7) is 0.267.